The number of carbonyl (C=O) groups is 4. The SMILES string of the molecule is CC1COCC2(NCCCN(O)C(=O)CCC(=O)C3(COCC(C)O3)NCCCCCN(O)C(=O)CCC2=O)O1. The first-order valence-electron chi connectivity index (χ1n) is 14.1. The highest BCUT2D eigenvalue weighted by molar-refractivity contribution is 5.91. The molecule has 3 aliphatic rings. The Kier molecular flexibility index (Phi) is 12.4. The van der Waals surface area contributed by atoms with Gasteiger partial charge in [-0.25, -0.2) is 10.1 Å². The van der Waals surface area contributed by atoms with Crippen LogP contribution in [0.4, 0.5) is 0 Å². The van der Waals surface area contributed by atoms with Gasteiger partial charge in [0.1, 0.15) is 0 Å². The highest BCUT2D eigenvalue weighted by Crippen LogP contribution is 2.23. The lowest BCUT2D eigenvalue weighted by molar-refractivity contribution is -0.209. The van der Waals surface area contributed by atoms with Gasteiger partial charge in [0.25, 0.3) is 0 Å². The van der Waals surface area contributed by atoms with Crippen LogP contribution in [0.2, 0.25) is 0 Å². The molecule has 2 spiro atoms. The zero-order valence-electron chi connectivity index (χ0n) is 23.5. The number of ether oxygens (including phenoxy) is 4. The smallest absolute Gasteiger partial charge is 0.246 e. The molecule has 228 valence electrons. The van der Waals surface area contributed by atoms with Crippen molar-refractivity contribution in [3.05, 3.63) is 0 Å². The van der Waals surface area contributed by atoms with Crippen molar-refractivity contribution in [3.63, 3.8) is 0 Å². The van der Waals surface area contributed by atoms with Gasteiger partial charge >= 0.3 is 0 Å². The molecule has 0 radical (unpaired) electrons. The molecule has 0 aromatic carbocycles. The monoisotopic (exact) mass is 572 g/mol. The Labute approximate surface area is 234 Å². The standard InChI is InChI=1S/C26H44N4O10/c1-19-15-37-17-25(39-19)21(31)8-10-24(34)30(36)14-6-12-28-26(18-38-16-20(2)40-26)22(32)7-9-23(33)29(35)13-5-3-4-11-27-25/h19-20,27-28,35-36H,3-18H2,1-2H3. The maximum absolute atomic E-state index is 13.2. The molecule has 14 heteroatoms. The topological polar surface area (TPSA) is 176 Å². The van der Waals surface area contributed by atoms with Crippen LogP contribution in [-0.4, -0.2) is 120 Å². The van der Waals surface area contributed by atoms with Gasteiger partial charge in [0.15, 0.2) is 11.6 Å². The fourth-order valence-electron chi connectivity index (χ4n) is 4.96. The summed E-state index contributed by atoms with van der Waals surface area (Å²) >= 11 is 0. The van der Waals surface area contributed by atoms with Gasteiger partial charge < -0.3 is 18.9 Å². The van der Waals surface area contributed by atoms with Crippen LogP contribution >= 0.6 is 0 Å². The fraction of sp³-hybridized carbons (Fsp3) is 0.846. The average Bonchev–Trinajstić information content (AvgIpc) is 2.93. The van der Waals surface area contributed by atoms with Crippen molar-refractivity contribution < 1.29 is 48.5 Å². The predicted molar refractivity (Wildman–Crippen MR) is 138 cm³/mol. The molecule has 0 aliphatic carbocycles. The Morgan fingerprint density at radius 3 is 1.60 bits per heavy atom. The minimum absolute atomic E-state index is 0.00264. The maximum Gasteiger partial charge on any atom is 0.246 e. The van der Waals surface area contributed by atoms with Crippen LogP contribution in [-0.2, 0) is 38.1 Å². The van der Waals surface area contributed by atoms with E-state index in [1.807, 2.05) is 0 Å². The number of ketones is 2. The van der Waals surface area contributed by atoms with Crippen molar-refractivity contribution in [2.75, 3.05) is 52.6 Å². The zero-order valence-corrected chi connectivity index (χ0v) is 23.5. The number of amides is 2. The molecule has 3 saturated heterocycles. The number of rotatable bonds is 0. The number of hydrogen-bond acceptors (Lipinski definition) is 12. The van der Waals surface area contributed by atoms with Gasteiger partial charge in [0, 0.05) is 45.3 Å². The molecule has 3 heterocycles. The van der Waals surface area contributed by atoms with Gasteiger partial charge in [-0.1, -0.05) is 6.42 Å². The highest BCUT2D eigenvalue weighted by atomic mass is 16.6. The van der Waals surface area contributed by atoms with Gasteiger partial charge in [-0.3, -0.25) is 40.2 Å². The highest BCUT2D eigenvalue weighted by Gasteiger charge is 2.44. The first kappa shape index (κ1) is 32.5. The van der Waals surface area contributed by atoms with E-state index in [9.17, 15) is 29.6 Å². The minimum atomic E-state index is -1.48. The summed E-state index contributed by atoms with van der Waals surface area (Å²) in [7, 11) is 0. The number of Topliss-reactive ketones (excluding diaryl/α,β-unsaturated/α-hetero) is 2. The minimum Gasteiger partial charge on any atom is -0.374 e. The van der Waals surface area contributed by atoms with E-state index in [4.69, 9.17) is 18.9 Å². The van der Waals surface area contributed by atoms with Crippen LogP contribution in [0.5, 0.6) is 0 Å². The molecule has 2 amide bonds. The van der Waals surface area contributed by atoms with Gasteiger partial charge in [-0.15, -0.1) is 0 Å². The summed E-state index contributed by atoms with van der Waals surface area (Å²) in [6, 6.07) is 0. The van der Waals surface area contributed by atoms with Gasteiger partial charge in [0.05, 0.1) is 38.6 Å². The van der Waals surface area contributed by atoms with E-state index in [1.165, 1.54) is 0 Å². The molecule has 0 aromatic rings. The second kappa shape index (κ2) is 15.3. The van der Waals surface area contributed by atoms with Crippen LogP contribution in [0.25, 0.3) is 0 Å². The maximum atomic E-state index is 13.2. The van der Waals surface area contributed by atoms with E-state index in [0.717, 1.165) is 0 Å². The Balaban J connectivity index is 1.68. The Hall–Kier alpha value is -2.04. The molecule has 4 unspecified atom stereocenters. The van der Waals surface area contributed by atoms with E-state index in [0.29, 0.717) is 49.1 Å². The molecular formula is C26H44N4O10. The van der Waals surface area contributed by atoms with Crippen LogP contribution in [0.15, 0.2) is 0 Å². The van der Waals surface area contributed by atoms with Gasteiger partial charge in [-0.05, 0) is 39.7 Å². The molecule has 40 heavy (non-hydrogen) atoms. The van der Waals surface area contributed by atoms with E-state index < -0.39 is 23.3 Å². The lowest BCUT2D eigenvalue weighted by Gasteiger charge is -2.39. The Morgan fingerprint density at radius 1 is 0.675 bits per heavy atom. The molecular weight excluding hydrogens is 528 g/mol. The van der Waals surface area contributed by atoms with Crippen molar-refractivity contribution >= 4 is 23.4 Å². The second-order valence-corrected chi connectivity index (χ2v) is 10.7. The largest absolute Gasteiger partial charge is 0.374 e. The summed E-state index contributed by atoms with van der Waals surface area (Å²) in [5.41, 5.74) is -2.87. The summed E-state index contributed by atoms with van der Waals surface area (Å²) in [5.74, 6) is -1.92. The van der Waals surface area contributed by atoms with Crippen LogP contribution < -0.4 is 10.6 Å². The summed E-state index contributed by atoms with van der Waals surface area (Å²) < 4.78 is 23.0. The quantitative estimate of drug-likeness (QED) is 0.289. The fourth-order valence-corrected chi connectivity index (χ4v) is 4.96. The average molecular weight is 573 g/mol. The van der Waals surface area contributed by atoms with Crippen LogP contribution in [0.1, 0.15) is 65.2 Å². The lowest BCUT2D eigenvalue weighted by Crippen LogP contribution is -2.62. The molecule has 3 aliphatic heterocycles. The molecule has 4 N–H and O–H groups in total. The molecule has 4 atom stereocenters. The van der Waals surface area contributed by atoms with E-state index in [-0.39, 0.29) is 88.7 Å². The third kappa shape index (κ3) is 8.98. The van der Waals surface area contributed by atoms with Gasteiger partial charge in [0.2, 0.25) is 23.3 Å². The third-order valence-corrected chi connectivity index (χ3v) is 7.14. The molecule has 14 nitrogen and oxygen atoms in total. The first-order chi connectivity index (χ1) is 19.1. The van der Waals surface area contributed by atoms with Crippen molar-refractivity contribution in [2.24, 2.45) is 0 Å². The van der Waals surface area contributed by atoms with Crippen LogP contribution in [0.3, 0.4) is 0 Å². The molecule has 0 saturated carbocycles. The first-order valence-corrected chi connectivity index (χ1v) is 14.1. The summed E-state index contributed by atoms with van der Waals surface area (Å²) in [6.45, 7) is 4.82. The predicted octanol–water partition coefficient (Wildman–Crippen LogP) is 0.137. The van der Waals surface area contributed by atoms with Crippen molar-refractivity contribution in [1.82, 2.24) is 20.8 Å². The van der Waals surface area contributed by atoms with Gasteiger partial charge in [-0.2, -0.15) is 0 Å². The molecule has 3 fully saturated rings. The number of nitrogens with one attached hydrogen (secondary N) is 2. The summed E-state index contributed by atoms with van der Waals surface area (Å²) in [6.07, 6.45) is 0.626. The van der Waals surface area contributed by atoms with E-state index in [2.05, 4.69) is 10.6 Å². The summed E-state index contributed by atoms with van der Waals surface area (Å²) in [5, 5.41) is 27.8. The van der Waals surface area contributed by atoms with Crippen molar-refractivity contribution in [3.8, 4) is 0 Å². The number of hydrogen-bond donors (Lipinski definition) is 4. The molecule has 3 rings (SSSR count). The Bertz CT molecular complexity index is 892. The normalized spacial score (nSPS) is 34.1. The van der Waals surface area contributed by atoms with Crippen molar-refractivity contribution in [1.29, 1.82) is 0 Å². The molecule has 0 bridgehead atoms. The summed E-state index contributed by atoms with van der Waals surface area (Å²) in [4.78, 5) is 51.3. The van der Waals surface area contributed by atoms with Crippen LogP contribution in [0, 0.1) is 0 Å². The molecule has 0 aromatic heterocycles. The second-order valence-electron chi connectivity index (χ2n) is 10.7. The number of nitrogens with zero attached hydrogens (tertiary/aromatic N) is 2. The zero-order chi connectivity index (χ0) is 29.2. The van der Waals surface area contributed by atoms with E-state index in [1.54, 1.807) is 13.8 Å². The Morgan fingerprint density at radius 2 is 1.12 bits per heavy atom. The third-order valence-electron chi connectivity index (χ3n) is 7.14. The van der Waals surface area contributed by atoms with Crippen molar-refractivity contribution in [2.45, 2.75) is 88.9 Å². The number of carbonyl (C=O) groups excluding carboxylic acids is 4. The van der Waals surface area contributed by atoms with E-state index >= 15 is 0 Å². The number of hydroxylamine groups is 4. The lowest BCUT2D eigenvalue weighted by atomic mass is 10.0.